The SMILES string of the molecule is CC(O)(CNC(=O)Nc1ccc(Cl)cc1)c1ccc2c(c1)OCO2. The smallest absolute Gasteiger partial charge is 0.319 e. The van der Waals surface area contributed by atoms with Crippen molar-refractivity contribution in [3.63, 3.8) is 0 Å². The second-order valence-corrected chi connectivity index (χ2v) is 6.09. The second kappa shape index (κ2) is 6.59. The molecule has 0 saturated carbocycles. The van der Waals surface area contributed by atoms with Crippen LogP contribution in [0.3, 0.4) is 0 Å². The molecule has 3 N–H and O–H groups in total. The molecule has 1 aliphatic heterocycles. The van der Waals surface area contributed by atoms with Crippen LogP contribution in [-0.2, 0) is 5.60 Å². The summed E-state index contributed by atoms with van der Waals surface area (Å²) in [6.07, 6.45) is 0. The average Bonchev–Trinajstić information content (AvgIpc) is 3.03. The van der Waals surface area contributed by atoms with Gasteiger partial charge < -0.3 is 25.2 Å². The molecule has 0 aromatic heterocycles. The highest BCUT2D eigenvalue weighted by Crippen LogP contribution is 2.35. The highest BCUT2D eigenvalue weighted by molar-refractivity contribution is 6.30. The number of hydrogen-bond acceptors (Lipinski definition) is 4. The highest BCUT2D eigenvalue weighted by Gasteiger charge is 2.26. The van der Waals surface area contributed by atoms with E-state index in [1.165, 1.54) is 0 Å². The van der Waals surface area contributed by atoms with Crippen LogP contribution in [-0.4, -0.2) is 24.5 Å². The maximum absolute atomic E-state index is 12.0. The summed E-state index contributed by atoms with van der Waals surface area (Å²) in [7, 11) is 0. The first kappa shape index (κ1) is 16.4. The Labute approximate surface area is 144 Å². The first-order chi connectivity index (χ1) is 11.4. The molecule has 0 fully saturated rings. The van der Waals surface area contributed by atoms with Crippen LogP contribution < -0.4 is 20.1 Å². The Morgan fingerprint density at radius 1 is 1.21 bits per heavy atom. The van der Waals surface area contributed by atoms with E-state index in [1.807, 2.05) is 0 Å². The number of ether oxygens (including phenoxy) is 2. The monoisotopic (exact) mass is 348 g/mol. The first-order valence-electron chi connectivity index (χ1n) is 7.37. The Bertz CT molecular complexity index is 747. The molecular formula is C17H17ClN2O4. The van der Waals surface area contributed by atoms with E-state index in [0.29, 0.717) is 27.8 Å². The summed E-state index contributed by atoms with van der Waals surface area (Å²) in [6.45, 7) is 1.82. The number of amides is 2. The summed E-state index contributed by atoms with van der Waals surface area (Å²) in [6, 6.07) is 11.5. The molecule has 6 nitrogen and oxygen atoms in total. The van der Waals surface area contributed by atoms with Gasteiger partial charge in [-0.2, -0.15) is 0 Å². The number of anilines is 1. The van der Waals surface area contributed by atoms with Crippen LogP contribution in [0.1, 0.15) is 12.5 Å². The summed E-state index contributed by atoms with van der Waals surface area (Å²) in [5.41, 5.74) is -0.0173. The first-order valence-corrected chi connectivity index (χ1v) is 7.75. The number of rotatable bonds is 4. The van der Waals surface area contributed by atoms with E-state index >= 15 is 0 Å². The Morgan fingerprint density at radius 3 is 2.67 bits per heavy atom. The lowest BCUT2D eigenvalue weighted by Gasteiger charge is -2.24. The molecule has 0 bridgehead atoms. The minimum absolute atomic E-state index is 0.0338. The number of hydrogen-bond donors (Lipinski definition) is 3. The Hall–Kier alpha value is -2.44. The van der Waals surface area contributed by atoms with Crippen LogP contribution >= 0.6 is 11.6 Å². The van der Waals surface area contributed by atoms with Gasteiger partial charge in [-0.1, -0.05) is 17.7 Å². The van der Waals surface area contributed by atoms with Gasteiger partial charge in [-0.05, 0) is 48.9 Å². The summed E-state index contributed by atoms with van der Waals surface area (Å²) < 4.78 is 10.6. The van der Waals surface area contributed by atoms with E-state index in [4.69, 9.17) is 21.1 Å². The molecule has 0 spiro atoms. The average molecular weight is 349 g/mol. The van der Waals surface area contributed by atoms with Gasteiger partial charge in [0.1, 0.15) is 5.60 Å². The second-order valence-electron chi connectivity index (χ2n) is 5.66. The third kappa shape index (κ3) is 3.72. The van der Waals surface area contributed by atoms with Crippen molar-refractivity contribution in [2.75, 3.05) is 18.7 Å². The van der Waals surface area contributed by atoms with Crippen molar-refractivity contribution in [2.45, 2.75) is 12.5 Å². The normalized spacial score (nSPS) is 14.8. The van der Waals surface area contributed by atoms with E-state index in [1.54, 1.807) is 49.4 Å². The molecule has 1 aliphatic rings. The summed E-state index contributed by atoms with van der Waals surface area (Å²) in [5.74, 6) is 1.22. The number of benzene rings is 2. The standard InChI is InChI=1S/C17H17ClN2O4/c1-17(22,11-2-7-14-15(8-11)24-10-23-14)9-19-16(21)20-13-5-3-12(18)4-6-13/h2-8,22H,9-10H2,1H3,(H2,19,20,21). The molecule has 126 valence electrons. The van der Waals surface area contributed by atoms with Gasteiger partial charge in [0.2, 0.25) is 6.79 Å². The van der Waals surface area contributed by atoms with Crippen LogP contribution in [0.4, 0.5) is 10.5 Å². The maximum atomic E-state index is 12.0. The molecule has 3 rings (SSSR count). The van der Waals surface area contributed by atoms with Crippen molar-refractivity contribution in [3.05, 3.63) is 53.1 Å². The lowest BCUT2D eigenvalue weighted by molar-refractivity contribution is 0.0597. The lowest BCUT2D eigenvalue weighted by Crippen LogP contribution is -2.40. The van der Waals surface area contributed by atoms with E-state index in [2.05, 4.69) is 10.6 Å². The van der Waals surface area contributed by atoms with Gasteiger partial charge in [-0.3, -0.25) is 0 Å². The zero-order valence-corrected chi connectivity index (χ0v) is 13.8. The molecule has 1 unspecified atom stereocenters. The van der Waals surface area contributed by atoms with Crippen molar-refractivity contribution in [2.24, 2.45) is 0 Å². The van der Waals surface area contributed by atoms with Gasteiger partial charge in [-0.15, -0.1) is 0 Å². The summed E-state index contributed by atoms with van der Waals surface area (Å²) in [4.78, 5) is 12.0. The number of fused-ring (bicyclic) bond motifs is 1. The molecule has 2 aromatic carbocycles. The zero-order valence-electron chi connectivity index (χ0n) is 13.0. The van der Waals surface area contributed by atoms with Crippen molar-refractivity contribution in [1.82, 2.24) is 5.32 Å². The highest BCUT2D eigenvalue weighted by atomic mass is 35.5. The predicted octanol–water partition coefficient (Wildman–Crippen LogP) is 3.10. The molecule has 2 aromatic rings. The quantitative estimate of drug-likeness (QED) is 0.793. The third-order valence-corrected chi connectivity index (χ3v) is 3.94. The van der Waals surface area contributed by atoms with E-state index in [-0.39, 0.29) is 13.3 Å². The Balaban J connectivity index is 1.60. The molecule has 0 radical (unpaired) electrons. The Morgan fingerprint density at radius 2 is 1.92 bits per heavy atom. The number of aliphatic hydroxyl groups is 1. The van der Waals surface area contributed by atoms with Crippen molar-refractivity contribution >= 4 is 23.3 Å². The number of nitrogens with one attached hydrogen (secondary N) is 2. The fraction of sp³-hybridized carbons (Fsp3) is 0.235. The Kier molecular flexibility index (Phi) is 4.51. The molecule has 1 heterocycles. The fourth-order valence-corrected chi connectivity index (χ4v) is 2.42. The minimum atomic E-state index is -1.25. The number of carbonyl (C=O) groups is 1. The van der Waals surface area contributed by atoms with Crippen molar-refractivity contribution < 1.29 is 19.4 Å². The summed E-state index contributed by atoms with van der Waals surface area (Å²) in [5, 5.41) is 16.5. The van der Waals surface area contributed by atoms with Gasteiger partial charge in [0.15, 0.2) is 11.5 Å². The van der Waals surface area contributed by atoms with Crippen molar-refractivity contribution in [3.8, 4) is 11.5 Å². The van der Waals surface area contributed by atoms with Gasteiger partial charge in [0, 0.05) is 10.7 Å². The van der Waals surface area contributed by atoms with Crippen LogP contribution in [0.15, 0.2) is 42.5 Å². The fourth-order valence-electron chi connectivity index (χ4n) is 2.29. The predicted molar refractivity (Wildman–Crippen MR) is 90.6 cm³/mol. The van der Waals surface area contributed by atoms with Crippen molar-refractivity contribution in [1.29, 1.82) is 0 Å². The van der Waals surface area contributed by atoms with Crippen LogP contribution in [0, 0.1) is 0 Å². The van der Waals surface area contributed by atoms with E-state index < -0.39 is 11.6 Å². The van der Waals surface area contributed by atoms with E-state index in [0.717, 1.165) is 0 Å². The van der Waals surface area contributed by atoms with Gasteiger partial charge in [0.05, 0.1) is 6.54 Å². The minimum Gasteiger partial charge on any atom is -0.454 e. The van der Waals surface area contributed by atoms with Crippen LogP contribution in [0.2, 0.25) is 5.02 Å². The maximum Gasteiger partial charge on any atom is 0.319 e. The van der Waals surface area contributed by atoms with Gasteiger partial charge in [-0.25, -0.2) is 4.79 Å². The molecule has 2 amide bonds. The molecule has 0 aliphatic carbocycles. The lowest BCUT2D eigenvalue weighted by atomic mass is 9.95. The molecular weight excluding hydrogens is 332 g/mol. The zero-order chi connectivity index (χ0) is 17.2. The van der Waals surface area contributed by atoms with Gasteiger partial charge >= 0.3 is 6.03 Å². The molecule has 1 atom stereocenters. The third-order valence-electron chi connectivity index (χ3n) is 3.69. The number of carbonyl (C=O) groups excluding carboxylic acids is 1. The molecule has 0 saturated heterocycles. The molecule has 7 heteroatoms. The largest absolute Gasteiger partial charge is 0.454 e. The van der Waals surface area contributed by atoms with E-state index in [9.17, 15) is 9.90 Å². The molecule has 24 heavy (non-hydrogen) atoms. The van der Waals surface area contributed by atoms with Crippen LogP contribution in [0.25, 0.3) is 0 Å². The van der Waals surface area contributed by atoms with Crippen LogP contribution in [0.5, 0.6) is 11.5 Å². The number of urea groups is 1. The topological polar surface area (TPSA) is 79.8 Å². The van der Waals surface area contributed by atoms with Gasteiger partial charge in [0.25, 0.3) is 0 Å². The summed E-state index contributed by atoms with van der Waals surface area (Å²) >= 11 is 5.80. The number of halogens is 1.